The van der Waals surface area contributed by atoms with E-state index in [0.29, 0.717) is 52.6 Å². The SMILES string of the molecule is CCCCn1nc(C(=O)OCc2cc(Cl)c3c(c2)OCCCO3)c2ccccc2c1=O. The number of carbonyl (C=O) groups is 1. The summed E-state index contributed by atoms with van der Waals surface area (Å²) >= 11 is 6.32. The molecule has 7 nitrogen and oxygen atoms in total. The van der Waals surface area contributed by atoms with Gasteiger partial charge in [0.2, 0.25) is 0 Å². The van der Waals surface area contributed by atoms with E-state index in [4.69, 9.17) is 25.8 Å². The van der Waals surface area contributed by atoms with Gasteiger partial charge in [0.25, 0.3) is 5.56 Å². The van der Waals surface area contributed by atoms with Crippen LogP contribution in [0.3, 0.4) is 0 Å². The highest BCUT2D eigenvalue weighted by molar-refractivity contribution is 6.32. The molecule has 0 saturated heterocycles. The molecule has 8 heteroatoms. The Bertz CT molecular complexity index is 1170. The van der Waals surface area contributed by atoms with Crippen molar-refractivity contribution in [2.24, 2.45) is 0 Å². The molecule has 0 radical (unpaired) electrons. The van der Waals surface area contributed by atoms with Crippen LogP contribution >= 0.6 is 11.6 Å². The topological polar surface area (TPSA) is 79.7 Å². The number of benzene rings is 2. The number of fused-ring (bicyclic) bond motifs is 2. The van der Waals surface area contributed by atoms with Gasteiger partial charge in [0.05, 0.1) is 23.6 Å². The zero-order valence-electron chi connectivity index (χ0n) is 17.2. The summed E-state index contributed by atoms with van der Waals surface area (Å²) in [6, 6.07) is 10.4. The van der Waals surface area contributed by atoms with Crippen LogP contribution in [-0.2, 0) is 17.9 Å². The van der Waals surface area contributed by atoms with Crippen LogP contribution in [0.4, 0.5) is 0 Å². The Hall–Kier alpha value is -3.06. The predicted molar refractivity (Wildman–Crippen MR) is 117 cm³/mol. The fourth-order valence-electron chi connectivity index (χ4n) is 3.43. The minimum Gasteiger partial charge on any atom is -0.489 e. The van der Waals surface area contributed by atoms with Crippen molar-refractivity contribution < 1.29 is 19.0 Å². The molecule has 0 atom stereocenters. The molecular formula is C23H23ClN2O5. The standard InChI is InChI=1S/C23H23ClN2O5/c1-2-3-9-26-22(27)17-8-5-4-7-16(17)20(25-26)23(28)31-14-15-12-18(24)21-19(13-15)29-10-6-11-30-21/h4-5,7-8,12-13H,2-3,6,9-11,14H2,1H3. The van der Waals surface area contributed by atoms with Crippen molar-refractivity contribution in [2.45, 2.75) is 39.3 Å². The number of rotatable bonds is 6. The number of ether oxygens (including phenoxy) is 3. The zero-order valence-corrected chi connectivity index (χ0v) is 18.0. The largest absolute Gasteiger partial charge is 0.489 e. The minimum atomic E-state index is -0.607. The van der Waals surface area contributed by atoms with E-state index in [1.165, 1.54) is 4.68 Å². The van der Waals surface area contributed by atoms with E-state index in [0.717, 1.165) is 19.3 Å². The maximum Gasteiger partial charge on any atom is 0.359 e. The zero-order chi connectivity index (χ0) is 21.8. The average molecular weight is 443 g/mol. The van der Waals surface area contributed by atoms with Gasteiger partial charge in [-0.3, -0.25) is 4.79 Å². The molecule has 0 aliphatic carbocycles. The molecular weight excluding hydrogens is 420 g/mol. The van der Waals surface area contributed by atoms with Gasteiger partial charge < -0.3 is 14.2 Å². The van der Waals surface area contributed by atoms with Gasteiger partial charge in [-0.2, -0.15) is 5.10 Å². The average Bonchev–Trinajstić information content (AvgIpc) is 3.03. The first kappa shape index (κ1) is 21.2. The maximum atomic E-state index is 12.9. The molecule has 0 saturated carbocycles. The summed E-state index contributed by atoms with van der Waals surface area (Å²) in [5.41, 5.74) is 0.577. The van der Waals surface area contributed by atoms with Crippen LogP contribution in [0, 0.1) is 0 Å². The van der Waals surface area contributed by atoms with E-state index in [2.05, 4.69) is 5.10 Å². The van der Waals surface area contributed by atoms with Crippen molar-refractivity contribution in [3.63, 3.8) is 0 Å². The van der Waals surface area contributed by atoms with E-state index in [1.54, 1.807) is 36.4 Å². The van der Waals surface area contributed by atoms with Crippen molar-refractivity contribution in [2.75, 3.05) is 13.2 Å². The van der Waals surface area contributed by atoms with Crippen LogP contribution in [-0.4, -0.2) is 29.0 Å². The lowest BCUT2D eigenvalue weighted by atomic mass is 10.1. The molecule has 2 aromatic carbocycles. The lowest BCUT2D eigenvalue weighted by molar-refractivity contribution is 0.0465. The van der Waals surface area contributed by atoms with Crippen LogP contribution in [0.15, 0.2) is 41.2 Å². The third-order valence-corrected chi connectivity index (χ3v) is 5.30. The van der Waals surface area contributed by atoms with E-state index in [1.807, 2.05) is 6.92 Å². The molecule has 2 heterocycles. The lowest BCUT2D eigenvalue weighted by Crippen LogP contribution is -2.26. The molecule has 0 bridgehead atoms. The number of aryl methyl sites for hydroxylation is 1. The normalized spacial score (nSPS) is 13.1. The quantitative estimate of drug-likeness (QED) is 0.527. The molecule has 4 rings (SSSR count). The van der Waals surface area contributed by atoms with Crippen molar-refractivity contribution in [1.82, 2.24) is 9.78 Å². The first-order chi connectivity index (χ1) is 15.1. The summed E-state index contributed by atoms with van der Waals surface area (Å²) < 4.78 is 18.2. The van der Waals surface area contributed by atoms with Gasteiger partial charge in [0.15, 0.2) is 17.2 Å². The molecule has 0 N–H and O–H groups in total. The molecule has 0 spiro atoms. The Labute approximate surface area is 184 Å². The summed E-state index contributed by atoms with van der Waals surface area (Å²) in [4.78, 5) is 25.6. The van der Waals surface area contributed by atoms with Gasteiger partial charge in [-0.15, -0.1) is 0 Å². The second-order valence-corrected chi connectivity index (χ2v) is 7.71. The molecule has 0 unspecified atom stereocenters. The van der Waals surface area contributed by atoms with Crippen LogP contribution < -0.4 is 15.0 Å². The molecule has 1 aromatic heterocycles. The second kappa shape index (κ2) is 9.39. The van der Waals surface area contributed by atoms with Crippen molar-refractivity contribution in [1.29, 1.82) is 0 Å². The summed E-state index contributed by atoms with van der Waals surface area (Å²) in [6.45, 7) is 3.52. The predicted octanol–water partition coefficient (Wildman–Crippen LogP) is 4.37. The molecule has 0 fully saturated rings. The highest BCUT2D eigenvalue weighted by Crippen LogP contribution is 2.38. The minimum absolute atomic E-state index is 0.0146. The Kier molecular flexibility index (Phi) is 6.42. The Morgan fingerprint density at radius 2 is 1.97 bits per heavy atom. The third-order valence-electron chi connectivity index (χ3n) is 5.02. The van der Waals surface area contributed by atoms with Crippen LogP contribution in [0.5, 0.6) is 11.5 Å². The van der Waals surface area contributed by atoms with Crippen LogP contribution in [0.1, 0.15) is 42.2 Å². The first-order valence-electron chi connectivity index (χ1n) is 10.3. The van der Waals surface area contributed by atoms with Gasteiger partial charge in [0.1, 0.15) is 6.61 Å². The Morgan fingerprint density at radius 1 is 1.19 bits per heavy atom. The lowest BCUT2D eigenvalue weighted by Gasteiger charge is -2.13. The number of carbonyl (C=O) groups excluding carboxylic acids is 1. The smallest absolute Gasteiger partial charge is 0.359 e. The molecule has 31 heavy (non-hydrogen) atoms. The number of aromatic nitrogens is 2. The van der Waals surface area contributed by atoms with Gasteiger partial charge in [0, 0.05) is 18.4 Å². The first-order valence-corrected chi connectivity index (χ1v) is 10.7. The number of hydrogen-bond donors (Lipinski definition) is 0. The van der Waals surface area contributed by atoms with Gasteiger partial charge in [-0.05, 0) is 30.2 Å². The van der Waals surface area contributed by atoms with Gasteiger partial charge >= 0.3 is 5.97 Å². The summed E-state index contributed by atoms with van der Waals surface area (Å²) in [6.07, 6.45) is 2.46. The van der Waals surface area contributed by atoms with E-state index < -0.39 is 5.97 Å². The molecule has 1 aliphatic heterocycles. The van der Waals surface area contributed by atoms with E-state index in [9.17, 15) is 9.59 Å². The molecule has 1 aliphatic rings. The van der Waals surface area contributed by atoms with Crippen LogP contribution in [0.25, 0.3) is 10.8 Å². The van der Waals surface area contributed by atoms with Gasteiger partial charge in [-0.25, -0.2) is 9.48 Å². The second-order valence-electron chi connectivity index (χ2n) is 7.31. The molecule has 162 valence electrons. The summed E-state index contributed by atoms with van der Waals surface area (Å²) in [7, 11) is 0. The number of halogens is 1. The van der Waals surface area contributed by atoms with Crippen molar-refractivity contribution in [3.05, 3.63) is 63.0 Å². The maximum absolute atomic E-state index is 12.9. The van der Waals surface area contributed by atoms with Crippen molar-refractivity contribution in [3.8, 4) is 11.5 Å². The molecule has 0 amide bonds. The van der Waals surface area contributed by atoms with Crippen LogP contribution in [0.2, 0.25) is 5.02 Å². The highest BCUT2D eigenvalue weighted by atomic mass is 35.5. The number of esters is 1. The number of nitrogens with zero attached hydrogens (tertiary/aromatic N) is 2. The van der Waals surface area contributed by atoms with E-state index in [-0.39, 0.29) is 17.9 Å². The van der Waals surface area contributed by atoms with E-state index >= 15 is 0 Å². The Morgan fingerprint density at radius 3 is 2.77 bits per heavy atom. The summed E-state index contributed by atoms with van der Waals surface area (Å²) in [5.74, 6) is 0.433. The summed E-state index contributed by atoms with van der Waals surface area (Å²) in [5, 5.41) is 5.63. The number of hydrogen-bond acceptors (Lipinski definition) is 6. The number of unbranched alkanes of at least 4 members (excludes halogenated alkanes) is 1. The van der Waals surface area contributed by atoms with Crippen molar-refractivity contribution >= 4 is 28.3 Å². The van der Waals surface area contributed by atoms with Gasteiger partial charge in [-0.1, -0.05) is 43.1 Å². The highest BCUT2D eigenvalue weighted by Gasteiger charge is 2.20. The fourth-order valence-corrected chi connectivity index (χ4v) is 3.72. The monoisotopic (exact) mass is 442 g/mol. The third kappa shape index (κ3) is 4.51. The Balaban J connectivity index is 1.60. The molecule has 3 aromatic rings. The fraction of sp³-hybridized carbons (Fsp3) is 0.348.